The summed E-state index contributed by atoms with van der Waals surface area (Å²) in [6, 6.07) is 13.4. The molecular weight excluding hydrogens is 523 g/mol. The molecule has 0 radical (unpaired) electrons. The average molecular weight is 557 g/mol. The van der Waals surface area contributed by atoms with Crippen LogP contribution in [0.15, 0.2) is 53.5 Å². The highest BCUT2D eigenvalue weighted by Crippen LogP contribution is 2.46. The minimum Gasteiger partial charge on any atom is -0.451 e. The predicted molar refractivity (Wildman–Crippen MR) is 157 cm³/mol. The number of pyridine rings is 1. The molecule has 7 rings (SSSR count). The molecule has 2 fully saturated rings. The zero-order valence-corrected chi connectivity index (χ0v) is 23.0. The zero-order valence-electron chi connectivity index (χ0n) is 23.0. The van der Waals surface area contributed by atoms with E-state index in [9.17, 15) is 9.59 Å². The maximum absolute atomic E-state index is 15.7. The van der Waals surface area contributed by atoms with Crippen LogP contribution in [0.1, 0.15) is 42.5 Å². The molecule has 0 bridgehead atoms. The number of carbonyl (C=O) groups excluding carboxylic acids is 1. The summed E-state index contributed by atoms with van der Waals surface area (Å²) in [5.74, 6) is -0.325. The van der Waals surface area contributed by atoms with Crippen LogP contribution in [0.4, 0.5) is 10.1 Å². The largest absolute Gasteiger partial charge is 0.451 e. The van der Waals surface area contributed by atoms with E-state index in [1.54, 1.807) is 10.8 Å². The highest BCUT2D eigenvalue weighted by molar-refractivity contribution is 6.02. The van der Waals surface area contributed by atoms with Gasteiger partial charge in [-0.05, 0) is 74.7 Å². The van der Waals surface area contributed by atoms with Gasteiger partial charge in [0.25, 0.3) is 5.91 Å². The SMILES string of the molecule is CN1CCC[C@@H]1CCNC(=O)c1cn2c3c(c(NC[C@H]4CCCO4)c(F)cc3c1=O)Oc1cc3ccccc3cc1-2. The van der Waals surface area contributed by atoms with E-state index in [0.29, 0.717) is 42.7 Å². The molecule has 8 nitrogen and oxygen atoms in total. The second-order valence-corrected chi connectivity index (χ2v) is 11.3. The van der Waals surface area contributed by atoms with Gasteiger partial charge in [-0.2, -0.15) is 0 Å². The monoisotopic (exact) mass is 556 g/mol. The zero-order chi connectivity index (χ0) is 28.1. The highest BCUT2D eigenvalue weighted by atomic mass is 19.1. The Labute approximate surface area is 237 Å². The Kier molecular flexibility index (Phi) is 6.63. The number of fused-ring (bicyclic) bond motifs is 3. The molecule has 3 aliphatic heterocycles. The number of benzene rings is 3. The summed E-state index contributed by atoms with van der Waals surface area (Å²) in [7, 11) is 2.10. The van der Waals surface area contributed by atoms with Crippen LogP contribution in [0, 0.1) is 5.82 Å². The molecule has 41 heavy (non-hydrogen) atoms. The molecule has 0 saturated carbocycles. The number of aromatic nitrogens is 1. The summed E-state index contributed by atoms with van der Waals surface area (Å²) in [6.07, 6.45) is 6.48. The number of nitrogens with one attached hydrogen (secondary N) is 2. The van der Waals surface area contributed by atoms with Gasteiger partial charge in [-0.25, -0.2) is 4.39 Å². The van der Waals surface area contributed by atoms with Crippen molar-refractivity contribution >= 4 is 33.3 Å². The van der Waals surface area contributed by atoms with E-state index in [-0.39, 0.29) is 28.5 Å². The maximum atomic E-state index is 15.7. The second-order valence-electron chi connectivity index (χ2n) is 11.3. The van der Waals surface area contributed by atoms with Gasteiger partial charge in [0.2, 0.25) is 5.43 Å². The summed E-state index contributed by atoms with van der Waals surface area (Å²) in [5, 5.41) is 8.17. The van der Waals surface area contributed by atoms with E-state index in [1.165, 1.54) is 6.07 Å². The smallest absolute Gasteiger partial charge is 0.256 e. The number of ether oxygens (including phenoxy) is 2. The van der Waals surface area contributed by atoms with Crippen molar-refractivity contribution in [3.8, 4) is 17.2 Å². The van der Waals surface area contributed by atoms with Gasteiger partial charge in [-0.15, -0.1) is 0 Å². The standard InChI is InChI=1S/C32H33FN4O4/c1-36-12-4-8-21(36)10-11-34-32(39)24-18-37-26-14-19-6-2-3-7-20(19)15-27(26)41-31-28(35-17-22-9-5-13-40-22)25(33)16-23(29(31)37)30(24)38/h2-3,6-7,14-16,18,21-22,35H,4-5,8-13,17H2,1H3,(H,34,39)/t21-,22-/m1/s1. The van der Waals surface area contributed by atoms with Gasteiger partial charge >= 0.3 is 0 Å². The first-order valence-electron chi connectivity index (χ1n) is 14.4. The number of carbonyl (C=O) groups is 1. The molecule has 1 aromatic heterocycles. The summed E-state index contributed by atoms with van der Waals surface area (Å²) >= 11 is 0. The van der Waals surface area contributed by atoms with E-state index in [4.69, 9.17) is 9.47 Å². The summed E-state index contributed by atoms with van der Waals surface area (Å²) in [4.78, 5) is 29.4. The lowest BCUT2D eigenvalue weighted by molar-refractivity contribution is 0.0948. The second kappa shape index (κ2) is 10.5. The molecule has 0 unspecified atom stereocenters. The Balaban J connectivity index is 1.33. The minimum atomic E-state index is -0.611. The molecule has 3 aliphatic rings. The molecule has 4 heterocycles. The average Bonchev–Trinajstić information content (AvgIpc) is 3.64. The van der Waals surface area contributed by atoms with Gasteiger partial charge in [0, 0.05) is 31.9 Å². The van der Waals surface area contributed by atoms with Crippen LogP contribution in [0.25, 0.3) is 27.4 Å². The van der Waals surface area contributed by atoms with Crippen LogP contribution < -0.4 is 20.8 Å². The topological polar surface area (TPSA) is 84.8 Å². The molecule has 3 aromatic carbocycles. The molecule has 2 N–H and O–H groups in total. The third-order valence-corrected chi connectivity index (χ3v) is 8.70. The van der Waals surface area contributed by atoms with Crippen molar-refractivity contribution in [1.29, 1.82) is 0 Å². The van der Waals surface area contributed by atoms with Crippen molar-refractivity contribution in [1.82, 2.24) is 14.8 Å². The molecule has 0 spiro atoms. The van der Waals surface area contributed by atoms with Gasteiger partial charge in [-0.3, -0.25) is 9.59 Å². The van der Waals surface area contributed by atoms with Gasteiger partial charge < -0.3 is 29.6 Å². The molecule has 1 amide bonds. The number of anilines is 1. The number of halogens is 1. The quantitative estimate of drug-likeness (QED) is 0.287. The number of rotatable bonds is 7. The molecule has 212 valence electrons. The van der Waals surface area contributed by atoms with Crippen molar-refractivity contribution in [3.05, 3.63) is 70.3 Å². The predicted octanol–water partition coefficient (Wildman–Crippen LogP) is 5.19. The van der Waals surface area contributed by atoms with Crippen molar-refractivity contribution in [2.75, 3.05) is 38.6 Å². The van der Waals surface area contributed by atoms with E-state index >= 15 is 4.39 Å². The minimum absolute atomic E-state index is 0.0191. The fraction of sp³-hybridized carbons (Fsp3) is 0.375. The fourth-order valence-electron chi connectivity index (χ4n) is 6.44. The number of amides is 1. The molecule has 9 heteroatoms. The van der Waals surface area contributed by atoms with E-state index < -0.39 is 17.2 Å². The van der Waals surface area contributed by atoms with E-state index in [1.807, 2.05) is 36.4 Å². The van der Waals surface area contributed by atoms with Crippen LogP contribution in [0.3, 0.4) is 0 Å². The van der Waals surface area contributed by atoms with Gasteiger partial charge in [-0.1, -0.05) is 24.3 Å². The first-order valence-corrected chi connectivity index (χ1v) is 14.4. The maximum Gasteiger partial charge on any atom is 0.256 e. The summed E-state index contributed by atoms with van der Waals surface area (Å²) in [6.45, 7) is 2.63. The first kappa shape index (κ1) is 26.0. The van der Waals surface area contributed by atoms with Crippen LogP contribution >= 0.6 is 0 Å². The highest BCUT2D eigenvalue weighted by Gasteiger charge is 2.30. The van der Waals surface area contributed by atoms with Crippen LogP contribution in [0.2, 0.25) is 0 Å². The Morgan fingerprint density at radius 1 is 1.12 bits per heavy atom. The normalized spacial score (nSPS) is 19.9. The van der Waals surface area contributed by atoms with E-state index in [0.717, 1.165) is 49.4 Å². The molecule has 2 atom stereocenters. The molecular formula is C32H33FN4O4. The van der Waals surface area contributed by atoms with E-state index in [2.05, 4.69) is 22.6 Å². The van der Waals surface area contributed by atoms with Crippen LogP contribution in [-0.4, -0.2) is 60.8 Å². The van der Waals surface area contributed by atoms with Crippen molar-refractivity contribution in [2.24, 2.45) is 0 Å². The molecule has 4 aromatic rings. The Morgan fingerprint density at radius 2 is 1.95 bits per heavy atom. The number of nitrogens with zero attached hydrogens (tertiary/aromatic N) is 2. The lowest BCUT2D eigenvalue weighted by Gasteiger charge is -2.27. The number of likely N-dealkylation sites (tertiary alicyclic amines) is 1. The van der Waals surface area contributed by atoms with Gasteiger partial charge in [0.15, 0.2) is 17.3 Å². The summed E-state index contributed by atoms with van der Waals surface area (Å²) < 4.78 is 29.6. The fourth-order valence-corrected chi connectivity index (χ4v) is 6.44. The third-order valence-electron chi connectivity index (χ3n) is 8.70. The summed E-state index contributed by atoms with van der Waals surface area (Å²) in [5.41, 5.74) is 0.740. The Hall–Kier alpha value is -3.95. The van der Waals surface area contributed by atoms with Gasteiger partial charge in [0.05, 0.1) is 17.2 Å². The van der Waals surface area contributed by atoms with Crippen molar-refractivity contribution in [3.63, 3.8) is 0 Å². The van der Waals surface area contributed by atoms with Crippen LogP contribution in [-0.2, 0) is 4.74 Å². The Bertz CT molecular complexity index is 1730. The number of hydrogen-bond acceptors (Lipinski definition) is 6. The van der Waals surface area contributed by atoms with Crippen LogP contribution in [0.5, 0.6) is 11.5 Å². The molecule has 2 saturated heterocycles. The third kappa shape index (κ3) is 4.63. The van der Waals surface area contributed by atoms with Crippen molar-refractivity contribution < 1.29 is 18.7 Å². The number of hydrogen-bond donors (Lipinski definition) is 2. The molecule has 0 aliphatic carbocycles. The lowest BCUT2D eigenvalue weighted by Crippen LogP contribution is -2.34. The lowest BCUT2D eigenvalue weighted by atomic mass is 10.0. The van der Waals surface area contributed by atoms with Crippen molar-refractivity contribution in [2.45, 2.75) is 44.2 Å². The van der Waals surface area contributed by atoms with Gasteiger partial charge in [0.1, 0.15) is 16.8 Å². The first-order chi connectivity index (χ1) is 20.0. The Morgan fingerprint density at radius 3 is 2.71 bits per heavy atom.